The van der Waals surface area contributed by atoms with Crippen LogP contribution in [0.25, 0.3) is 11.0 Å². The van der Waals surface area contributed by atoms with E-state index in [9.17, 15) is 4.39 Å². The van der Waals surface area contributed by atoms with Crippen molar-refractivity contribution < 1.29 is 8.81 Å². The van der Waals surface area contributed by atoms with Crippen LogP contribution >= 0.6 is 0 Å². The number of anilines is 1. The summed E-state index contributed by atoms with van der Waals surface area (Å²) >= 11 is 0. The molecule has 2 nitrogen and oxygen atoms in total. The number of hydrogen-bond donors (Lipinski definition) is 1. The molecule has 0 saturated heterocycles. The molecule has 0 bridgehead atoms. The van der Waals surface area contributed by atoms with Crippen LogP contribution in [-0.2, 0) is 0 Å². The third kappa shape index (κ3) is 2.39. The SMILES string of the molecule is Cc1ccc(F)cc1NC(C)c1cc2ccccc2o1. The zero-order chi connectivity index (χ0) is 14.1. The summed E-state index contributed by atoms with van der Waals surface area (Å²) in [6.45, 7) is 3.95. The maximum Gasteiger partial charge on any atom is 0.134 e. The highest BCUT2D eigenvalue weighted by molar-refractivity contribution is 5.77. The lowest BCUT2D eigenvalue weighted by Crippen LogP contribution is -2.06. The van der Waals surface area contributed by atoms with Gasteiger partial charge in [0.15, 0.2) is 0 Å². The van der Waals surface area contributed by atoms with Crippen molar-refractivity contribution in [2.24, 2.45) is 0 Å². The van der Waals surface area contributed by atoms with Crippen LogP contribution < -0.4 is 5.32 Å². The molecule has 0 radical (unpaired) electrons. The van der Waals surface area contributed by atoms with E-state index in [1.807, 2.05) is 44.2 Å². The zero-order valence-corrected chi connectivity index (χ0v) is 11.5. The molecule has 2 aromatic carbocycles. The molecule has 1 aromatic heterocycles. The summed E-state index contributed by atoms with van der Waals surface area (Å²) < 4.78 is 19.1. The van der Waals surface area contributed by atoms with E-state index >= 15 is 0 Å². The van der Waals surface area contributed by atoms with Crippen molar-refractivity contribution in [1.82, 2.24) is 0 Å². The van der Waals surface area contributed by atoms with Gasteiger partial charge in [-0.05, 0) is 43.7 Å². The Labute approximate surface area is 117 Å². The van der Waals surface area contributed by atoms with E-state index in [2.05, 4.69) is 5.32 Å². The van der Waals surface area contributed by atoms with Gasteiger partial charge in [-0.25, -0.2) is 4.39 Å². The Kier molecular flexibility index (Phi) is 3.18. The molecular weight excluding hydrogens is 253 g/mol. The van der Waals surface area contributed by atoms with Crippen LogP contribution in [0.3, 0.4) is 0 Å². The average molecular weight is 269 g/mol. The molecule has 0 aliphatic heterocycles. The molecule has 20 heavy (non-hydrogen) atoms. The van der Waals surface area contributed by atoms with Crippen molar-refractivity contribution in [3.8, 4) is 0 Å². The maximum absolute atomic E-state index is 13.3. The quantitative estimate of drug-likeness (QED) is 0.719. The van der Waals surface area contributed by atoms with Crippen molar-refractivity contribution in [3.63, 3.8) is 0 Å². The van der Waals surface area contributed by atoms with E-state index < -0.39 is 0 Å². The topological polar surface area (TPSA) is 25.2 Å². The van der Waals surface area contributed by atoms with Gasteiger partial charge >= 0.3 is 0 Å². The molecule has 0 spiro atoms. The first kappa shape index (κ1) is 12.7. The summed E-state index contributed by atoms with van der Waals surface area (Å²) in [6.07, 6.45) is 0. The van der Waals surface area contributed by atoms with E-state index in [1.54, 1.807) is 6.07 Å². The van der Waals surface area contributed by atoms with E-state index in [0.717, 1.165) is 28.0 Å². The minimum atomic E-state index is -0.241. The number of furan rings is 1. The summed E-state index contributed by atoms with van der Waals surface area (Å²) in [4.78, 5) is 0. The van der Waals surface area contributed by atoms with E-state index in [0.29, 0.717) is 0 Å². The molecule has 1 unspecified atom stereocenters. The van der Waals surface area contributed by atoms with E-state index in [1.165, 1.54) is 12.1 Å². The van der Waals surface area contributed by atoms with Gasteiger partial charge in [-0.15, -0.1) is 0 Å². The normalized spacial score (nSPS) is 12.6. The van der Waals surface area contributed by atoms with Crippen molar-refractivity contribution in [3.05, 3.63) is 65.7 Å². The lowest BCUT2D eigenvalue weighted by Gasteiger charge is -2.15. The van der Waals surface area contributed by atoms with E-state index in [4.69, 9.17) is 4.42 Å². The lowest BCUT2D eigenvalue weighted by atomic mass is 10.1. The molecule has 3 heteroatoms. The van der Waals surface area contributed by atoms with Crippen LogP contribution in [0.2, 0.25) is 0 Å². The first-order valence-electron chi connectivity index (χ1n) is 6.64. The monoisotopic (exact) mass is 269 g/mol. The molecule has 0 saturated carbocycles. The molecule has 1 heterocycles. The molecule has 0 aliphatic carbocycles. The molecule has 3 aromatic rings. The van der Waals surface area contributed by atoms with Crippen LogP contribution in [0, 0.1) is 12.7 Å². The van der Waals surface area contributed by atoms with Crippen molar-refractivity contribution >= 4 is 16.7 Å². The molecule has 0 amide bonds. The third-order valence-electron chi connectivity index (χ3n) is 3.44. The first-order chi connectivity index (χ1) is 9.63. The Balaban J connectivity index is 1.88. The minimum Gasteiger partial charge on any atom is -0.459 e. The number of para-hydroxylation sites is 1. The van der Waals surface area contributed by atoms with Crippen LogP contribution in [0.15, 0.2) is 52.9 Å². The van der Waals surface area contributed by atoms with Crippen LogP contribution in [0.4, 0.5) is 10.1 Å². The number of benzene rings is 2. The number of nitrogens with one attached hydrogen (secondary N) is 1. The number of aryl methyl sites for hydroxylation is 1. The summed E-state index contributed by atoms with van der Waals surface area (Å²) in [7, 11) is 0. The molecule has 0 aliphatic rings. The number of hydrogen-bond acceptors (Lipinski definition) is 2. The largest absolute Gasteiger partial charge is 0.459 e. The standard InChI is InChI=1S/C17H16FNO/c1-11-7-8-14(18)10-15(11)19-12(2)17-9-13-5-3-4-6-16(13)20-17/h3-10,12,19H,1-2H3. The molecule has 0 fully saturated rings. The Hall–Kier alpha value is -2.29. The predicted molar refractivity (Wildman–Crippen MR) is 79.4 cm³/mol. The van der Waals surface area contributed by atoms with Crippen molar-refractivity contribution in [2.45, 2.75) is 19.9 Å². The highest BCUT2D eigenvalue weighted by atomic mass is 19.1. The molecular formula is C17H16FNO. The zero-order valence-electron chi connectivity index (χ0n) is 11.5. The van der Waals surface area contributed by atoms with Gasteiger partial charge in [0.05, 0.1) is 6.04 Å². The Morgan fingerprint density at radius 2 is 1.90 bits per heavy atom. The second-order valence-corrected chi connectivity index (χ2v) is 5.01. The number of fused-ring (bicyclic) bond motifs is 1. The van der Waals surface area contributed by atoms with Gasteiger partial charge in [0.1, 0.15) is 17.2 Å². The highest BCUT2D eigenvalue weighted by Crippen LogP contribution is 2.27. The Morgan fingerprint density at radius 1 is 1.10 bits per heavy atom. The molecule has 1 N–H and O–H groups in total. The van der Waals surface area contributed by atoms with Crippen LogP contribution in [0.1, 0.15) is 24.3 Å². The van der Waals surface area contributed by atoms with Crippen molar-refractivity contribution in [1.29, 1.82) is 0 Å². The van der Waals surface area contributed by atoms with Gasteiger partial charge in [-0.2, -0.15) is 0 Å². The van der Waals surface area contributed by atoms with Gasteiger partial charge in [0.25, 0.3) is 0 Å². The Morgan fingerprint density at radius 3 is 2.70 bits per heavy atom. The lowest BCUT2D eigenvalue weighted by molar-refractivity contribution is 0.526. The van der Waals surface area contributed by atoms with Crippen LogP contribution in [-0.4, -0.2) is 0 Å². The number of halogens is 1. The fourth-order valence-electron chi connectivity index (χ4n) is 2.27. The average Bonchev–Trinajstić information content (AvgIpc) is 2.87. The molecule has 102 valence electrons. The summed E-state index contributed by atoms with van der Waals surface area (Å²) in [5.74, 6) is 0.602. The van der Waals surface area contributed by atoms with Gasteiger partial charge in [0, 0.05) is 11.1 Å². The predicted octanol–water partition coefficient (Wildman–Crippen LogP) is 5.05. The van der Waals surface area contributed by atoms with Gasteiger partial charge in [-0.3, -0.25) is 0 Å². The summed E-state index contributed by atoms with van der Waals surface area (Å²) in [5, 5.41) is 4.37. The Bertz CT molecular complexity index is 715. The fraction of sp³-hybridized carbons (Fsp3) is 0.176. The maximum atomic E-state index is 13.3. The van der Waals surface area contributed by atoms with Gasteiger partial charge in [-0.1, -0.05) is 24.3 Å². The summed E-state index contributed by atoms with van der Waals surface area (Å²) in [6, 6.07) is 14.6. The molecule has 1 atom stereocenters. The highest BCUT2D eigenvalue weighted by Gasteiger charge is 2.12. The fourth-order valence-corrected chi connectivity index (χ4v) is 2.27. The van der Waals surface area contributed by atoms with Gasteiger partial charge < -0.3 is 9.73 Å². The van der Waals surface area contributed by atoms with E-state index in [-0.39, 0.29) is 11.9 Å². The third-order valence-corrected chi connectivity index (χ3v) is 3.44. The van der Waals surface area contributed by atoms with Gasteiger partial charge in [0.2, 0.25) is 0 Å². The minimum absolute atomic E-state index is 0.0251. The van der Waals surface area contributed by atoms with Crippen molar-refractivity contribution in [2.75, 3.05) is 5.32 Å². The number of rotatable bonds is 3. The first-order valence-corrected chi connectivity index (χ1v) is 6.64. The summed E-state index contributed by atoms with van der Waals surface area (Å²) in [5.41, 5.74) is 2.67. The molecule has 3 rings (SSSR count). The second kappa shape index (κ2) is 5.00. The van der Waals surface area contributed by atoms with Crippen LogP contribution in [0.5, 0.6) is 0 Å². The smallest absolute Gasteiger partial charge is 0.134 e. The second-order valence-electron chi connectivity index (χ2n) is 5.01.